The summed E-state index contributed by atoms with van der Waals surface area (Å²) in [6.07, 6.45) is -1.30. The van der Waals surface area contributed by atoms with Crippen molar-refractivity contribution in [2.75, 3.05) is 18.1 Å². The average molecular weight is 435 g/mol. The molecule has 1 saturated carbocycles. The summed E-state index contributed by atoms with van der Waals surface area (Å²) in [6, 6.07) is -0.919. The molecule has 0 amide bonds. The van der Waals surface area contributed by atoms with Crippen molar-refractivity contribution in [2.45, 2.75) is 48.8 Å². The Balaban J connectivity index is 2.02. The molecule has 0 aromatic carbocycles. The molecule has 4 atom stereocenters. The number of aliphatic hydroxyl groups excluding tert-OH is 3. The van der Waals surface area contributed by atoms with Gasteiger partial charge in [0, 0.05) is 12.2 Å². The number of phosphoric acid groups is 1. The van der Waals surface area contributed by atoms with E-state index in [-0.39, 0.29) is 12.2 Å². The number of hydrogen-bond donors (Lipinski definition) is 6. The maximum Gasteiger partial charge on any atom is 0.470 e. The number of nitrogens with zero attached hydrogens (tertiary/aromatic N) is 4. The van der Waals surface area contributed by atoms with Crippen LogP contribution in [0.4, 0.5) is 5.82 Å². The molecule has 156 valence electrons. The molecule has 1 aliphatic carbocycles. The molecule has 4 unspecified atom stereocenters. The fraction of sp³-hybridized carbons (Fsp3) is 0.643. The van der Waals surface area contributed by atoms with Crippen LogP contribution >= 0.6 is 19.6 Å². The molecule has 0 radical (unpaired) electrons. The van der Waals surface area contributed by atoms with E-state index in [0.717, 1.165) is 12.2 Å². The lowest BCUT2D eigenvalue weighted by molar-refractivity contribution is -0.105. The van der Waals surface area contributed by atoms with E-state index in [2.05, 4.69) is 19.5 Å². The first-order chi connectivity index (χ1) is 13.1. The monoisotopic (exact) mass is 435 g/mol. The fourth-order valence-electron chi connectivity index (χ4n) is 3.31. The minimum absolute atomic E-state index is 0.148. The number of aliphatic hydroxyl groups is 3. The summed E-state index contributed by atoms with van der Waals surface area (Å²) in [7, 11) is -5.05. The summed E-state index contributed by atoms with van der Waals surface area (Å²) in [5, 5.41) is 31.0. The van der Waals surface area contributed by atoms with Crippen LogP contribution in [0.3, 0.4) is 0 Å². The largest absolute Gasteiger partial charge is 0.470 e. The van der Waals surface area contributed by atoms with Crippen molar-refractivity contribution < 1.29 is 34.2 Å². The van der Waals surface area contributed by atoms with Gasteiger partial charge in [0.25, 0.3) is 0 Å². The molecule has 12 nitrogen and oxygen atoms in total. The van der Waals surface area contributed by atoms with Gasteiger partial charge in [0.2, 0.25) is 0 Å². The van der Waals surface area contributed by atoms with Crippen LogP contribution in [-0.4, -0.2) is 74.8 Å². The minimum atomic E-state index is -5.05. The lowest BCUT2D eigenvalue weighted by Gasteiger charge is -2.30. The van der Waals surface area contributed by atoms with E-state index < -0.39 is 38.3 Å². The number of nitrogens with two attached hydrogens (primary N) is 1. The summed E-state index contributed by atoms with van der Waals surface area (Å²) in [4.78, 5) is 31.0. The lowest BCUT2D eigenvalue weighted by Crippen LogP contribution is -2.46. The van der Waals surface area contributed by atoms with Crippen LogP contribution in [0.2, 0.25) is 0 Å². The van der Waals surface area contributed by atoms with Crippen molar-refractivity contribution >= 4 is 36.6 Å². The van der Waals surface area contributed by atoms with Crippen molar-refractivity contribution in [3.63, 3.8) is 0 Å². The minimum Gasteiger partial charge on any atom is -0.393 e. The molecule has 2 heterocycles. The van der Waals surface area contributed by atoms with Crippen LogP contribution < -0.4 is 5.73 Å². The summed E-state index contributed by atoms with van der Waals surface area (Å²) in [5.41, 5.74) is 4.49. The molecule has 0 aliphatic heterocycles. The van der Waals surface area contributed by atoms with E-state index in [0.29, 0.717) is 16.3 Å². The fourth-order valence-corrected chi connectivity index (χ4v) is 4.73. The number of rotatable bonds is 7. The maximum absolute atomic E-state index is 11.3. The zero-order valence-electron chi connectivity index (χ0n) is 14.9. The molecule has 0 saturated heterocycles. The van der Waals surface area contributed by atoms with E-state index in [4.69, 9.17) is 15.5 Å². The Labute approximate surface area is 164 Å². The quantitative estimate of drug-likeness (QED) is 0.184. The molecular weight excluding hydrogens is 413 g/mol. The van der Waals surface area contributed by atoms with Crippen LogP contribution in [0.5, 0.6) is 0 Å². The van der Waals surface area contributed by atoms with Gasteiger partial charge in [-0.2, -0.15) is 0 Å². The molecule has 2 aromatic rings. The number of thioether (sulfide) groups is 1. The van der Waals surface area contributed by atoms with Gasteiger partial charge in [-0.3, -0.25) is 4.52 Å². The predicted octanol–water partition coefficient (Wildman–Crippen LogP) is -0.582. The number of hydrogen-bond acceptors (Lipinski definition) is 10. The molecule has 14 heteroatoms. The average Bonchev–Trinajstić information content (AvgIpc) is 3.14. The van der Waals surface area contributed by atoms with Crippen LogP contribution in [0.25, 0.3) is 11.2 Å². The van der Waals surface area contributed by atoms with Crippen molar-refractivity contribution in [3.8, 4) is 0 Å². The summed E-state index contributed by atoms with van der Waals surface area (Å²) < 4.78 is 17.4. The molecule has 7 N–H and O–H groups in total. The lowest BCUT2D eigenvalue weighted by atomic mass is 10.0. The van der Waals surface area contributed by atoms with E-state index in [1.165, 1.54) is 22.7 Å². The Morgan fingerprint density at radius 1 is 1.43 bits per heavy atom. The van der Waals surface area contributed by atoms with Crippen LogP contribution in [-0.2, 0) is 9.09 Å². The maximum atomic E-state index is 11.3. The second kappa shape index (κ2) is 7.84. The highest BCUT2D eigenvalue weighted by molar-refractivity contribution is 7.99. The number of phosphoric ester groups is 1. The summed E-state index contributed by atoms with van der Waals surface area (Å²) in [5.74, 6) is 0.920. The first-order valence-electron chi connectivity index (χ1n) is 8.48. The third-order valence-electron chi connectivity index (χ3n) is 4.60. The molecule has 0 bridgehead atoms. The topological polar surface area (TPSA) is 197 Å². The van der Waals surface area contributed by atoms with E-state index in [1.807, 2.05) is 6.92 Å². The third kappa shape index (κ3) is 3.89. The second-order valence-electron chi connectivity index (χ2n) is 6.58. The second-order valence-corrected chi connectivity index (χ2v) is 8.80. The SMILES string of the molecule is CCCSc1nc(N)c2ncn(C3CC(CO)(OP(=O)(O)O)C(O)C3O)c2n1. The normalized spacial score (nSPS) is 28.3. The van der Waals surface area contributed by atoms with E-state index in [1.54, 1.807) is 0 Å². The Kier molecular flexibility index (Phi) is 5.99. The highest BCUT2D eigenvalue weighted by Gasteiger charge is 2.57. The van der Waals surface area contributed by atoms with Crippen molar-refractivity contribution in [2.24, 2.45) is 0 Å². The van der Waals surface area contributed by atoms with Gasteiger partial charge in [0.05, 0.1) is 19.0 Å². The number of aromatic nitrogens is 4. The van der Waals surface area contributed by atoms with Gasteiger partial charge in [0.1, 0.15) is 23.3 Å². The highest BCUT2D eigenvalue weighted by atomic mass is 32.2. The van der Waals surface area contributed by atoms with Gasteiger partial charge >= 0.3 is 7.82 Å². The molecule has 1 aliphatic rings. The zero-order chi connectivity index (χ0) is 20.7. The zero-order valence-corrected chi connectivity index (χ0v) is 16.6. The van der Waals surface area contributed by atoms with Gasteiger partial charge in [0.15, 0.2) is 16.6 Å². The first-order valence-corrected chi connectivity index (χ1v) is 11.0. The van der Waals surface area contributed by atoms with Crippen molar-refractivity contribution in [3.05, 3.63) is 6.33 Å². The molecule has 28 heavy (non-hydrogen) atoms. The van der Waals surface area contributed by atoms with Gasteiger partial charge in [-0.15, -0.1) is 0 Å². The predicted molar refractivity (Wildman–Crippen MR) is 99.4 cm³/mol. The van der Waals surface area contributed by atoms with Gasteiger partial charge < -0.3 is 35.4 Å². The third-order valence-corrected chi connectivity index (χ3v) is 6.25. The number of imidazole rings is 1. The molecule has 0 spiro atoms. The highest BCUT2D eigenvalue weighted by Crippen LogP contribution is 2.50. The first kappa shape index (κ1) is 21.4. The number of anilines is 1. The van der Waals surface area contributed by atoms with Crippen LogP contribution in [0, 0.1) is 0 Å². The Hall–Kier alpha value is -1.31. The van der Waals surface area contributed by atoms with E-state index in [9.17, 15) is 19.9 Å². The van der Waals surface area contributed by atoms with Crippen LogP contribution in [0.1, 0.15) is 25.8 Å². The van der Waals surface area contributed by atoms with Gasteiger partial charge in [-0.1, -0.05) is 18.7 Å². The Morgan fingerprint density at radius 3 is 2.75 bits per heavy atom. The van der Waals surface area contributed by atoms with Crippen molar-refractivity contribution in [1.82, 2.24) is 19.5 Å². The van der Waals surface area contributed by atoms with Gasteiger partial charge in [-0.25, -0.2) is 19.5 Å². The molecule has 2 aromatic heterocycles. The standard InChI is InChI=1S/C14H22N5O7PS/c1-2-3-28-13-17-11(15)8-12(18-13)19(6-16-8)7-4-14(5-20,10(22)9(7)21)26-27(23,24)25/h6-7,9-10,20-22H,2-5H2,1H3,(H2,15,17,18)(H2,23,24,25). The summed E-state index contributed by atoms with van der Waals surface area (Å²) >= 11 is 1.39. The van der Waals surface area contributed by atoms with E-state index >= 15 is 0 Å². The number of fused-ring (bicyclic) bond motifs is 1. The van der Waals surface area contributed by atoms with Crippen LogP contribution in [0.15, 0.2) is 11.5 Å². The smallest absolute Gasteiger partial charge is 0.393 e. The number of nitrogen functional groups attached to an aromatic ring is 1. The van der Waals surface area contributed by atoms with Crippen molar-refractivity contribution in [1.29, 1.82) is 0 Å². The Morgan fingerprint density at radius 2 is 2.14 bits per heavy atom. The summed E-state index contributed by atoms with van der Waals surface area (Å²) in [6.45, 7) is 1.10. The molecule has 1 fully saturated rings. The Bertz CT molecular complexity index is 908. The van der Waals surface area contributed by atoms with Gasteiger partial charge in [-0.05, 0) is 6.42 Å². The molecular formula is C14H22N5O7PS. The molecule has 3 rings (SSSR count).